The van der Waals surface area contributed by atoms with E-state index in [1.54, 1.807) is 31.2 Å². The maximum atomic E-state index is 13.0. The Labute approximate surface area is 175 Å². The monoisotopic (exact) mass is 435 g/mol. The Kier molecular flexibility index (Phi) is 7.38. The number of sulfonamides is 1. The highest BCUT2D eigenvalue weighted by molar-refractivity contribution is 7.92. The molecule has 2 aromatic carbocycles. The molecule has 10 heteroatoms. The van der Waals surface area contributed by atoms with Gasteiger partial charge in [0.25, 0.3) is 5.69 Å². The lowest BCUT2D eigenvalue weighted by Crippen LogP contribution is -2.47. The Morgan fingerprint density at radius 1 is 1.20 bits per heavy atom. The average Bonchev–Trinajstić information content (AvgIpc) is 2.67. The van der Waals surface area contributed by atoms with E-state index in [1.165, 1.54) is 25.1 Å². The number of benzene rings is 2. The Hall–Kier alpha value is -3.14. The van der Waals surface area contributed by atoms with Crippen molar-refractivity contribution in [3.05, 3.63) is 58.1 Å². The maximum absolute atomic E-state index is 13.0. The van der Waals surface area contributed by atoms with Crippen molar-refractivity contribution < 1.29 is 22.9 Å². The number of nitrogens with one attached hydrogen (secondary N) is 1. The van der Waals surface area contributed by atoms with E-state index in [0.717, 1.165) is 10.6 Å². The third-order valence-corrected chi connectivity index (χ3v) is 5.67. The number of rotatable bonds is 9. The fourth-order valence-corrected chi connectivity index (χ4v) is 4.30. The molecule has 9 nitrogen and oxygen atoms in total. The zero-order chi connectivity index (χ0) is 22.5. The second-order valence-electron chi connectivity index (χ2n) is 6.61. The molecule has 1 atom stereocenters. The van der Waals surface area contributed by atoms with Gasteiger partial charge in [-0.1, -0.05) is 13.0 Å². The summed E-state index contributed by atoms with van der Waals surface area (Å²) >= 11 is 0. The molecule has 0 fully saturated rings. The lowest BCUT2D eigenvalue weighted by molar-refractivity contribution is -0.385. The highest BCUT2D eigenvalue weighted by Gasteiger charge is 2.32. The first-order chi connectivity index (χ1) is 14.1. The SMILES string of the molecule is CCOc1ccc(N([C@H](CC)C(=O)Nc2cccc([N+](=O)[O-])c2C)S(C)(=O)=O)cc1. The van der Waals surface area contributed by atoms with Gasteiger partial charge in [-0.05, 0) is 50.6 Å². The van der Waals surface area contributed by atoms with E-state index in [1.807, 2.05) is 6.92 Å². The summed E-state index contributed by atoms with van der Waals surface area (Å²) < 4.78 is 31.5. The molecule has 0 spiro atoms. The number of carbonyl (C=O) groups excluding carboxylic acids is 1. The lowest BCUT2D eigenvalue weighted by Gasteiger charge is -2.30. The van der Waals surface area contributed by atoms with E-state index in [0.29, 0.717) is 18.0 Å². The molecule has 2 rings (SSSR count). The number of ether oxygens (including phenoxy) is 1. The Bertz CT molecular complexity index is 1020. The maximum Gasteiger partial charge on any atom is 0.274 e. The third kappa shape index (κ3) is 5.26. The van der Waals surface area contributed by atoms with Crippen LogP contribution in [0.15, 0.2) is 42.5 Å². The average molecular weight is 436 g/mol. The minimum absolute atomic E-state index is 0.132. The normalized spacial score (nSPS) is 12.1. The lowest BCUT2D eigenvalue weighted by atomic mass is 10.1. The van der Waals surface area contributed by atoms with Gasteiger partial charge in [-0.15, -0.1) is 0 Å². The summed E-state index contributed by atoms with van der Waals surface area (Å²) in [4.78, 5) is 23.6. The summed E-state index contributed by atoms with van der Waals surface area (Å²) in [5.74, 6) is -0.000159. The van der Waals surface area contributed by atoms with Gasteiger partial charge in [0.05, 0.1) is 34.7 Å². The first kappa shape index (κ1) is 23.1. The number of nitro groups is 1. The molecule has 0 saturated heterocycles. The third-order valence-electron chi connectivity index (χ3n) is 4.49. The molecule has 0 bridgehead atoms. The van der Waals surface area contributed by atoms with Crippen molar-refractivity contribution in [1.82, 2.24) is 0 Å². The quantitative estimate of drug-likeness (QED) is 0.476. The topological polar surface area (TPSA) is 119 Å². The summed E-state index contributed by atoms with van der Waals surface area (Å²) in [7, 11) is -3.80. The molecule has 30 heavy (non-hydrogen) atoms. The van der Waals surface area contributed by atoms with Crippen molar-refractivity contribution >= 4 is 33.0 Å². The van der Waals surface area contributed by atoms with Crippen LogP contribution in [0.3, 0.4) is 0 Å². The van der Waals surface area contributed by atoms with Crippen molar-refractivity contribution in [2.24, 2.45) is 0 Å². The zero-order valence-corrected chi connectivity index (χ0v) is 18.1. The van der Waals surface area contributed by atoms with Gasteiger partial charge >= 0.3 is 0 Å². The Morgan fingerprint density at radius 2 is 1.83 bits per heavy atom. The number of carbonyl (C=O) groups is 1. The molecule has 162 valence electrons. The second-order valence-corrected chi connectivity index (χ2v) is 8.47. The summed E-state index contributed by atoms with van der Waals surface area (Å²) in [6.07, 6.45) is 1.22. The molecule has 0 aliphatic rings. The van der Waals surface area contributed by atoms with E-state index in [-0.39, 0.29) is 23.4 Å². The van der Waals surface area contributed by atoms with Crippen molar-refractivity contribution in [3.63, 3.8) is 0 Å². The number of hydrogen-bond donors (Lipinski definition) is 1. The van der Waals surface area contributed by atoms with Crippen LogP contribution in [0, 0.1) is 17.0 Å². The van der Waals surface area contributed by atoms with E-state index in [9.17, 15) is 23.3 Å². The molecule has 2 aromatic rings. The van der Waals surface area contributed by atoms with Crippen LogP contribution in [0.4, 0.5) is 17.1 Å². The highest BCUT2D eigenvalue weighted by atomic mass is 32.2. The molecule has 1 N–H and O–H groups in total. The summed E-state index contributed by atoms with van der Waals surface area (Å²) in [6.45, 7) is 5.52. The van der Waals surface area contributed by atoms with Crippen molar-refractivity contribution in [2.75, 3.05) is 22.5 Å². The summed E-state index contributed by atoms with van der Waals surface area (Å²) in [5.41, 5.74) is 0.733. The molecular formula is C20H25N3O6S. The number of hydrogen-bond acceptors (Lipinski definition) is 6. The molecule has 0 aromatic heterocycles. The van der Waals surface area contributed by atoms with Gasteiger partial charge in [-0.2, -0.15) is 0 Å². The summed E-state index contributed by atoms with van der Waals surface area (Å²) in [5, 5.41) is 13.8. The van der Waals surface area contributed by atoms with Crippen LogP contribution in [0.25, 0.3) is 0 Å². The van der Waals surface area contributed by atoms with Gasteiger partial charge in [0.2, 0.25) is 15.9 Å². The second kappa shape index (κ2) is 9.57. The number of amides is 1. The van der Waals surface area contributed by atoms with Crippen LogP contribution in [-0.4, -0.2) is 38.2 Å². The van der Waals surface area contributed by atoms with Crippen LogP contribution in [0.1, 0.15) is 25.8 Å². The molecule has 1 amide bonds. The van der Waals surface area contributed by atoms with Crippen LogP contribution < -0.4 is 14.4 Å². The predicted octanol–water partition coefficient (Wildman–Crippen LogP) is 3.49. The number of nitro benzene ring substituents is 1. The van der Waals surface area contributed by atoms with Crippen LogP contribution in [0.2, 0.25) is 0 Å². The molecule has 0 aliphatic carbocycles. The smallest absolute Gasteiger partial charge is 0.274 e. The zero-order valence-electron chi connectivity index (χ0n) is 17.3. The number of nitrogens with zero attached hydrogens (tertiary/aromatic N) is 2. The first-order valence-electron chi connectivity index (χ1n) is 9.37. The van der Waals surface area contributed by atoms with Crippen molar-refractivity contribution in [2.45, 2.75) is 33.2 Å². The number of anilines is 2. The largest absolute Gasteiger partial charge is 0.494 e. The van der Waals surface area contributed by atoms with E-state index < -0.39 is 26.9 Å². The van der Waals surface area contributed by atoms with Gasteiger partial charge in [0, 0.05) is 6.07 Å². The van der Waals surface area contributed by atoms with Crippen LogP contribution in [0.5, 0.6) is 5.75 Å². The van der Waals surface area contributed by atoms with Gasteiger partial charge in [-0.25, -0.2) is 8.42 Å². The van der Waals surface area contributed by atoms with E-state index in [4.69, 9.17) is 4.74 Å². The van der Waals surface area contributed by atoms with Gasteiger partial charge in [0.15, 0.2) is 0 Å². The first-order valence-corrected chi connectivity index (χ1v) is 11.2. The van der Waals surface area contributed by atoms with Crippen LogP contribution >= 0.6 is 0 Å². The van der Waals surface area contributed by atoms with Gasteiger partial charge in [-0.3, -0.25) is 19.2 Å². The van der Waals surface area contributed by atoms with Gasteiger partial charge < -0.3 is 10.1 Å². The van der Waals surface area contributed by atoms with Crippen LogP contribution in [-0.2, 0) is 14.8 Å². The molecule has 0 aliphatic heterocycles. The fraction of sp³-hybridized carbons (Fsp3) is 0.350. The minimum Gasteiger partial charge on any atom is -0.494 e. The molecule has 0 unspecified atom stereocenters. The molecular weight excluding hydrogens is 410 g/mol. The Balaban J connectivity index is 2.39. The van der Waals surface area contributed by atoms with Gasteiger partial charge in [0.1, 0.15) is 11.8 Å². The molecule has 0 heterocycles. The highest BCUT2D eigenvalue weighted by Crippen LogP contribution is 2.28. The molecule has 0 saturated carbocycles. The van der Waals surface area contributed by atoms with E-state index in [2.05, 4.69) is 5.32 Å². The minimum atomic E-state index is -3.80. The predicted molar refractivity (Wildman–Crippen MR) is 115 cm³/mol. The standard InChI is InChI=1S/C20H25N3O6S/c1-5-18(20(24)21-17-8-7-9-19(14(17)3)23(25)26)22(30(4,27)28)15-10-12-16(13-11-15)29-6-2/h7-13,18H,5-6H2,1-4H3,(H,21,24)/t18-/m1/s1. The van der Waals surface area contributed by atoms with Crippen molar-refractivity contribution in [1.29, 1.82) is 0 Å². The van der Waals surface area contributed by atoms with E-state index >= 15 is 0 Å². The fourth-order valence-electron chi connectivity index (χ4n) is 3.09. The van der Waals surface area contributed by atoms with Crippen molar-refractivity contribution in [3.8, 4) is 5.75 Å². The Morgan fingerprint density at radius 3 is 2.33 bits per heavy atom. The summed E-state index contributed by atoms with van der Waals surface area (Å²) in [6, 6.07) is 9.69. The molecule has 0 radical (unpaired) electrons.